The zero-order chi connectivity index (χ0) is 17.3. The van der Waals surface area contributed by atoms with Gasteiger partial charge in [-0.15, -0.1) is 11.8 Å². The fourth-order valence-electron chi connectivity index (χ4n) is 2.50. The van der Waals surface area contributed by atoms with Crippen molar-refractivity contribution in [2.75, 3.05) is 12.3 Å². The minimum absolute atomic E-state index is 0.0520. The topological polar surface area (TPSA) is 80.5 Å². The molecule has 1 aliphatic rings. The predicted octanol–water partition coefficient (Wildman–Crippen LogP) is 3.68. The fraction of sp³-hybridized carbons (Fsp3) is 0.200. The number of hydrogen-bond acceptors (Lipinski definition) is 5. The molecule has 0 spiro atoms. The molecule has 0 aliphatic carbocycles. The largest absolute Gasteiger partial charge is 0.269 e. The van der Waals surface area contributed by atoms with Crippen molar-refractivity contribution in [3.8, 4) is 0 Å². The van der Waals surface area contributed by atoms with Crippen molar-refractivity contribution in [2.24, 2.45) is 0 Å². The van der Waals surface area contributed by atoms with E-state index in [1.165, 1.54) is 52.5 Å². The summed E-state index contributed by atoms with van der Waals surface area (Å²) >= 11 is 7.26. The molecule has 0 aromatic heterocycles. The Morgan fingerprint density at radius 3 is 2.58 bits per heavy atom. The van der Waals surface area contributed by atoms with Gasteiger partial charge < -0.3 is 0 Å². The van der Waals surface area contributed by atoms with Crippen LogP contribution in [-0.4, -0.2) is 29.9 Å². The highest BCUT2D eigenvalue weighted by Crippen LogP contribution is 2.42. The Bertz CT molecular complexity index is 871. The molecule has 0 bridgehead atoms. The van der Waals surface area contributed by atoms with Crippen molar-refractivity contribution in [2.45, 2.75) is 10.3 Å². The van der Waals surface area contributed by atoms with Crippen molar-refractivity contribution in [1.29, 1.82) is 0 Å². The van der Waals surface area contributed by atoms with Crippen molar-refractivity contribution in [1.82, 2.24) is 4.31 Å². The number of nitro groups is 1. The van der Waals surface area contributed by atoms with Crippen LogP contribution in [0.4, 0.5) is 5.69 Å². The van der Waals surface area contributed by atoms with Gasteiger partial charge in [-0.1, -0.05) is 23.7 Å². The number of thioether (sulfide) groups is 1. The minimum atomic E-state index is -3.70. The number of rotatable bonds is 4. The van der Waals surface area contributed by atoms with Gasteiger partial charge in [-0.25, -0.2) is 8.42 Å². The Hall–Kier alpha value is -1.61. The maximum absolute atomic E-state index is 12.9. The van der Waals surface area contributed by atoms with E-state index in [1.807, 2.05) is 0 Å². The smallest absolute Gasteiger partial charge is 0.258 e. The molecule has 9 heteroatoms. The normalized spacial score (nSPS) is 18.6. The van der Waals surface area contributed by atoms with Crippen LogP contribution in [0.25, 0.3) is 0 Å². The van der Waals surface area contributed by atoms with Crippen LogP contribution in [0.15, 0.2) is 53.4 Å². The lowest BCUT2D eigenvalue weighted by atomic mass is 10.2. The molecule has 0 radical (unpaired) electrons. The van der Waals surface area contributed by atoms with Gasteiger partial charge in [0, 0.05) is 29.5 Å². The van der Waals surface area contributed by atoms with Gasteiger partial charge in [0.2, 0.25) is 10.0 Å². The number of sulfonamides is 1. The zero-order valence-electron chi connectivity index (χ0n) is 12.3. The molecule has 1 atom stereocenters. The van der Waals surface area contributed by atoms with Crippen LogP contribution in [0, 0.1) is 10.1 Å². The van der Waals surface area contributed by atoms with E-state index in [0.717, 1.165) is 0 Å². The third-order valence-corrected chi connectivity index (χ3v) is 7.16. The van der Waals surface area contributed by atoms with Gasteiger partial charge in [-0.3, -0.25) is 10.1 Å². The van der Waals surface area contributed by atoms with Crippen LogP contribution in [-0.2, 0) is 10.0 Å². The predicted molar refractivity (Wildman–Crippen MR) is 93.6 cm³/mol. The monoisotopic (exact) mass is 384 g/mol. The van der Waals surface area contributed by atoms with Crippen LogP contribution in [0.5, 0.6) is 0 Å². The van der Waals surface area contributed by atoms with Crippen LogP contribution >= 0.6 is 23.4 Å². The van der Waals surface area contributed by atoms with E-state index >= 15 is 0 Å². The first-order chi connectivity index (χ1) is 11.4. The fourth-order valence-corrected chi connectivity index (χ4v) is 5.85. The van der Waals surface area contributed by atoms with Gasteiger partial charge in [-0.05, 0) is 29.8 Å². The summed E-state index contributed by atoms with van der Waals surface area (Å²) in [6.07, 6.45) is 0. The second kappa shape index (κ2) is 6.72. The van der Waals surface area contributed by atoms with Crippen LogP contribution in [0.1, 0.15) is 10.9 Å². The number of nitrogens with zero attached hydrogens (tertiary/aromatic N) is 2. The van der Waals surface area contributed by atoms with Crippen molar-refractivity contribution in [3.63, 3.8) is 0 Å². The van der Waals surface area contributed by atoms with E-state index in [2.05, 4.69) is 0 Å². The van der Waals surface area contributed by atoms with E-state index < -0.39 is 20.3 Å². The SMILES string of the molecule is O=[N+]([O-])c1cccc([C@H]2SCCN2S(=O)(=O)c2ccc(Cl)cc2)c1. The van der Waals surface area contributed by atoms with Gasteiger partial charge in [0.15, 0.2) is 0 Å². The summed E-state index contributed by atoms with van der Waals surface area (Å²) in [5.74, 6) is 0.625. The third kappa shape index (κ3) is 3.27. The summed E-state index contributed by atoms with van der Waals surface area (Å²) in [4.78, 5) is 10.6. The highest BCUT2D eigenvalue weighted by molar-refractivity contribution is 8.01. The summed E-state index contributed by atoms with van der Waals surface area (Å²) in [7, 11) is -3.70. The van der Waals surface area contributed by atoms with Gasteiger partial charge in [-0.2, -0.15) is 4.31 Å². The standard InChI is InChI=1S/C15H13ClN2O4S2/c16-12-4-6-14(7-5-12)24(21,22)17-8-9-23-15(17)11-2-1-3-13(10-11)18(19)20/h1-7,10,15H,8-9H2/t15-/m1/s1. The molecule has 126 valence electrons. The lowest BCUT2D eigenvalue weighted by Gasteiger charge is -2.23. The van der Waals surface area contributed by atoms with Crippen molar-refractivity contribution in [3.05, 3.63) is 69.2 Å². The van der Waals surface area contributed by atoms with Crippen LogP contribution < -0.4 is 0 Å². The summed E-state index contributed by atoms with van der Waals surface area (Å²) < 4.78 is 27.1. The van der Waals surface area contributed by atoms with E-state index in [0.29, 0.717) is 22.9 Å². The quantitative estimate of drug-likeness (QED) is 0.593. The zero-order valence-corrected chi connectivity index (χ0v) is 14.7. The molecule has 1 fully saturated rings. The number of halogens is 1. The van der Waals surface area contributed by atoms with Gasteiger partial charge >= 0.3 is 0 Å². The average Bonchev–Trinajstić information content (AvgIpc) is 3.06. The lowest BCUT2D eigenvalue weighted by Crippen LogP contribution is -2.30. The Balaban J connectivity index is 1.97. The molecule has 24 heavy (non-hydrogen) atoms. The molecule has 6 nitrogen and oxygen atoms in total. The van der Waals surface area contributed by atoms with Gasteiger partial charge in [0.25, 0.3) is 5.69 Å². The molecule has 1 aliphatic heterocycles. The molecular formula is C15H13ClN2O4S2. The molecular weight excluding hydrogens is 372 g/mol. The Morgan fingerprint density at radius 2 is 1.92 bits per heavy atom. The Kier molecular flexibility index (Phi) is 4.82. The molecule has 3 rings (SSSR count). The van der Waals surface area contributed by atoms with Crippen molar-refractivity contribution < 1.29 is 13.3 Å². The highest BCUT2D eigenvalue weighted by Gasteiger charge is 2.37. The molecule has 1 heterocycles. The molecule has 1 saturated heterocycles. The van der Waals surface area contributed by atoms with Crippen LogP contribution in [0.2, 0.25) is 5.02 Å². The average molecular weight is 385 g/mol. The number of hydrogen-bond donors (Lipinski definition) is 0. The lowest BCUT2D eigenvalue weighted by molar-refractivity contribution is -0.384. The maximum Gasteiger partial charge on any atom is 0.269 e. The summed E-state index contributed by atoms with van der Waals surface area (Å²) in [5, 5.41) is 10.9. The van der Waals surface area contributed by atoms with E-state index in [1.54, 1.807) is 12.1 Å². The third-order valence-electron chi connectivity index (χ3n) is 3.64. The highest BCUT2D eigenvalue weighted by atomic mass is 35.5. The molecule has 2 aromatic rings. The van der Waals surface area contributed by atoms with E-state index in [9.17, 15) is 18.5 Å². The number of nitro benzene ring substituents is 1. The maximum atomic E-state index is 12.9. The molecule has 2 aromatic carbocycles. The molecule has 0 unspecified atom stereocenters. The summed E-state index contributed by atoms with van der Waals surface area (Å²) in [5.41, 5.74) is 0.549. The second-order valence-electron chi connectivity index (χ2n) is 5.14. The van der Waals surface area contributed by atoms with Crippen LogP contribution in [0.3, 0.4) is 0 Å². The second-order valence-corrected chi connectivity index (χ2v) is 8.66. The molecule has 0 saturated carbocycles. The summed E-state index contributed by atoms with van der Waals surface area (Å²) in [6.45, 7) is 0.350. The van der Waals surface area contributed by atoms with Gasteiger partial charge in [0.05, 0.1) is 15.2 Å². The Morgan fingerprint density at radius 1 is 1.21 bits per heavy atom. The number of benzene rings is 2. The molecule has 0 amide bonds. The van der Waals surface area contributed by atoms with E-state index in [4.69, 9.17) is 11.6 Å². The minimum Gasteiger partial charge on any atom is -0.258 e. The van der Waals surface area contributed by atoms with Gasteiger partial charge in [0.1, 0.15) is 0 Å². The van der Waals surface area contributed by atoms with E-state index in [-0.39, 0.29) is 10.6 Å². The first kappa shape index (κ1) is 17.2. The molecule has 0 N–H and O–H groups in total. The summed E-state index contributed by atoms with van der Waals surface area (Å²) in [6, 6.07) is 12.1. The first-order valence-corrected chi connectivity index (χ1v) is 9.89. The Labute approximate surface area is 148 Å². The van der Waals surface area contributed by atoms with Crippen molar-refractivity contribution >= 4 is 39.1 Å². The first-order valence-electron chi connectivity index (χ1n) is 7.03. The number of non-ortho nitro benzene ring substituents is 1.